The molecule has 0 heterocycles. The van der Waals surface area contributed by atoms with Crippen LogP contribution in [0, 0.1) is 23.7 Å². The molecule has 0 spiro atoms. The molecule has 4 unspecified atom stereocenters. The first-order valence-corrected chi connectivity index (χ1v) is 9.26. The molecular weight excluding hydrogens is 326 g/mol. The smallest absolute Gasteiger partial charge is 0.308 e. The van der Waals surface area contributed by atoms with Crippen molar-refractivity contribution in [2.75, 3.05) is 6.54 Å². The van der Waals surface area contributed by atoms with Crippen LogP contribution >= 0.6 is 0 Å². The van der Waals surface area contributed by atoms with E-state index in [-0.39, 0.29) is 18.4 Å². The molecule has 0 aliphatic heterocycles. The number of carbonyl (C=O) groups is 2. The minimum atomic E-state index is -0.869. The van der Waals surface area contributed by atoms with Gasteiger partial charge >= 0.3 is 5.97 Å². The number of allylic oxidation sites excluding steroid dienone is 2. The van der Waals surface area contributed by atoms with Crippen molar-refractivity contribution >= 4 is 22.6 Å². The second-order valence-electron chi connectivity index (χ2n) is 7.55. The lowest BCUT2D eigenvalue weighted by Crippen LogP contribution is -2.38. The highest BCUT2D eigenvalue weighted by Gasteiger charge is 2.39. The molecule has 1 amide bonds. The van der Waals surface area contributed by atoms with Gasteiger partial charge in [-0.25, -0.2) is 0 Å². The number of rotatable bonds is 6. The average Bonchev–Trinajstić information content (AvgIpc) is 3.28. The van der Waals surface area contributed by atoms with Gasteiger partial charge in [0.1, 0.15) is 0 Å². The van der Waals surface area contributed by atoms with Crippen LogP contribution in [0.25, 0.3) is 10.8 Å². The second kappa shape index (κ2) is 6.94. The molecule has 4 heteroatoms. The summed E-state index contributed by atoms with van der Waals surface area (Å²) in [6.45, 7) is 0.179. The highest BCUT2D eigenvalue weighted by atomic mass is 16.4. The number of nitrogens with one attached hydrogen (secondary N) is 1. The summed E-state index contributed by atoms with van der Waals surface area (Å²) in [6.07, 6.45) is 6.72. The zero-order chi connectivity index (χ0) is 18.1. The number of carbonyl (C=O) groups excluding carboxylic acids is 1. The number of carboxylic acids is 1. The summed E-state index contributed by atoms with van der Waals surface area (Å²) in [5, 5.41) is 14.7. The lowest BCUT2D eigenvalue weighted by atomic mass is 9.92. The van der Waals surface area contributed by atoms with Crippen LogP contribution in [0.15, 0.2) is 54.6 Å². The Bertz CT molecular complexity index is 873. The summed E-state index contributed by atoms with van der Waals surface area (Å²) < 4.78 is 0. The fourth-order valence-corrected chi connectivity index (χ4v) is 4.33. The van der Waals surface area contributed by atoms with Gasteiger partial charge in [0.25, 0.3) is 0 Å². The topological polar surface area (TPSA) is 66.4 Å². The Morgan fingerprint density at radius 1 is 1.08 bits per heavy atom. The van der Waals surface area contributed by atoms with Crippen molar-refractivity contribution in [3.63, 3.8) is 0 Å². The van der Waals surface area contributed by atoms with Crippen LogP contribution in [-0.2, 0) is 16.0 Å². The van der Waals surface area contributed by atoms with Gasteiger partial charge in [-0.15, -0.1) is 0 Å². The molecule has 0 aromatic heterocycles. The van der Waals surface area contributed by atoms with Gasteiger partial charge in [-0.05, 0) is 47.4 Å². The predicted molar refractivity (Wildman–Crippen MR) is 101 cm³/mol. The lowest BCUT2D eigenvalue weighted by Gasteiger charge is -2.19. The fraction of sp³-hybridized carbons (Fsp3) is 0.364. The molecule has 2 aliphatic rings. The van der Waals surface area contributed by atoms with E-state index in [0.717, 1.165) is 29.2 Å². The van der Waals surface area contributed by atoms with E-state index in [2.05, 4.69) is 17.5 Å². The van der Waals surface area contributed by atoms with Crippen molar-refractivity contribution in [1.82, 2.24) is 5.32 Å². The number of aliphatic carboxylic acids is 1. The van der Waals surface area contributed by atoms with Gasteiger partial charge in [0.2, 0.25) is 5.91 Å². The van der Waals surface area contributed by atoms with Gasteiger partial charge in [-0.1, -0.05) is 54.6 Å². The number of benzene rings is 2. The van der Waals surface area contributed by atoms with Crippen LogP contribution in [0.3, 0.4) is 0 Å². The van der Waals surface area contributed by atoms with E-state index < -0.39 is 11.9 Å². The maximum Gasteiger partial charge on any atom is 0.308 e. The fourth-order valence-electron chi connectivity index (χ4n) is 4.33. The SMILES string of the molecule is O=C(O)C(CNC(=O)C1CC2C=CC1C2)Cc1ccc2ccccc2c1. The quantitative estimate of drug-likeness (QED) is 0.786. The molecule has 1 fully saturated rings. The second-order valence-corrected chi connectivity index (χ2v) is 7.55. The molecule has 2 aromatic rings. The molecule has 2 aliphatic carbocycles. The van der Waals surface area contributed by atoms with E-state index in [1.54, 1.807) is 0 Å². The van der Waals surface area contributed by atoms with Crippen molar-refractivity contribution in [2.45, 2.75) is 19.3 Å². The lowest BCUT2D eigenvalue weighted by molar-refractivity contribution is -0.141. The molecule has 4 nitrogen and oxygen atoms in total. The van der Waals surface area contributed by atoms with Crippen molar-refractivity contribution in [2.24, 2.45) is 23.7 Å². The first-order valence-electron chi connectivity index (χ1n) is 9.26. The molecule has 2 N–H and O–H groups in total. The molecule has 0 radical (unpaired) electrons. The first-order chi connectivity index (χ1) is 12.6. The largest absolute Gasteiger partial charge is 0.481 e. The third kappa shape index (κ3) is 3.36. The van der Waals surface area contributed by atoms with E-state index in [1.807, 2.05) is 42.5 Å². The molecule has 1 saturated carbocycles. The third-order valence-corrected chi connectivity index (χ3v) is 5.78. The van der Waals surface area contributed by atoms with Crippen LogP contribution in [0.1, 0.15) is 18.4 Å². The molecule has 0 saturated heterocycles. The van der Waals surface area contributed by atoms with Crippen LogP contribution in [0.2, 0.25) is 0 Å². The number of hydrogen-bond acceptors (Lipinski definition) is 2. The van der Waals surface area contributed by atoms with Crippen molar-refractivity contribution in [1.29, 1.82) is 0 Å². The highest BCUT2D eigenvalue weighted by Crippen LogP contribution is 2.43. The summed E-state index contributed by atoms with van der Waals surface area (Å²) in [7, 11) is 0. The summed E-state index contributed by atoms with van der Waals surface area (Å²) in [4.78, 5) is 24.1. The number of amides is 1. The number of fused-ring (bicyclic) bond motifs is 3. The van der Waals surface area contributed by atoms with Gasteiger partial charge in [0.05, 0.1) is 5.92 Å². The van der Waals surface area contributed by atoms with Crippen molar-refractivity contribution < 1.29 is 14.7 Å². The normalized spacial score (nSPS) is 24.7. The minimum absolute atomic E-state index is 0.00612. The molecule has 2 aromatic carbocycles. The van der Waals surface area contributed by atoms with E-state index in [9.17, 15) is 14.7 Å². The van der Waals surface area contributed by atoms with Gasteiger partial charge in [-0.3, -0.25) is 9.59 Å². The van der Waals surface area contributed by atoms with Crippen molar-refractivity contribution in [3.05, 3.63) is 60.2 Å². The zero-order valence-electron chi connectivity index (χ0n) is 14.6. The standard InChI is InChI=1S/C22H23NO3/c24-21(20-12-15-6-8-18(20)10-15)23-13-19(22(25)26)11-14-5-7-16-3-1-2-4-17(16)9-14/h1-9,15,18-20H,10-13H2,(H,23,24)(H,25,26). The molecule has 4 atom stereocenters. The molecule has 4 rings (SSSR count). The zero-order valence-corrected chi connectivity index (χ0v) is 14.6. The summed E-state index contributed by atoms with van der Waals surface area (Å²) >= 11 is 0. The minimum Gasteiger partial charge on any atom is -0.481 e. The average molecular weight is 349 g/mol. The Balaban J connectivity index is 1.40. The summed E-state index contributed by atoms with van der Waals surface area (Å²) in [5.74, 6) is -0.598. The van der Waals surface area contributed by atoms with Gasteiger partial charge < -0.3 is 10.4 Å². The maximum atomic E-state index is 12.5. The van der Waals surface area contributed by atoms with Crippen LogP contribution < -0.4 is 5.32 Å². The predicted octanol–water partition coefficient (Wildman–Crippen LogP) is 3.41. The van der Waals surface area contributed by atoms with Gasteiger partial charge in [0, 0.05) is 12.5 Å². The number of carboxylic acid groups (broad SMARTS) is 1. The van der Waals surface area contributed by atoms with E-state index in [4.69, 9.17) is 0 Å². The van der Waals surface area contributed by atoms with E-state index in [1.165, 1.54) is 0 Å². The van der Waals surface area contributed by atoms with Crippen LogP contribution in [0.4, 0.5) is 0 Å². The first kappa shape index (κ1) is 16.8. The summed E-state index contributed by atoms with van der Waals surface area (Å²) in [6, 6.07) is 14.1. The molecule has 2 bridgehead atoms. The van der Waals surface area contributed by atoms with Crippen LogP contribution in [-0.4, -0.2) is 23.5 Å². The Morgan fingerprint density at radius 2 is 1.88 bits per heavy atom. The maximum absolute atomic E-state index is 12.5. The number of hydrogen-bond donors (Lipinski definition) is 2. The summed E-state index contributed by atoms with van der Waals surface area (Å²) in [5.41, 5.74) is 0.980. The van der Waals surface area contributed by atoms with Crippen molar-refractivity contribution in [3.8, 4) is 0 Å². The monoisotopic (exact) mass is 349 g/mol. The van der Waals surface area contributed by atoms with E-state index in [0.29, 0.717) is 18.3 Å². The Morgan fingerprint density at radius 3 is 2.58 bits per heavy atom. The van der Waals surface area contributed by atoms with Gasteiger partial charge in [0.15, 0.2) is 0 Å². The molecular formula is C22H23NO3. The van der Waals surface area contributed by atoms with E-state index >= 15 is 0 Å². The van der Waals surface area contributed by atoms with Crippen LogP contribution in [0.5, 0.6) is 0 Å². The molecule has 26 heavy (non-hydrogen) atoms. The van der Waals surface area contributed by atoms with Gasteiger partial charge in [-0.2, -0.15) is 0 Å². The molecule has 134 valence electrons. The Hall–Kier alpha value is -2.62. The highest BCUT2D eigenvalue weighted by molar-refractivity contribution is 5.83. The third-order valence-electron chi connectivity index (χ3n) is 5.78. The Kier molecular flexibility index (Phi) is 4.49. The Labute approximate surface area is 152 Å².